The lowest BCUT2D eigenvalue weighted by Crippen LogP contribution is -2.62. The van der Waals surface area contributed by atoms with Crippen LogP contribution in [0.5, 0.6) is 5.75 Å². The lowest BCUT2D eigenvalue weighted by atomic mass is 9.90. The zero-order valence-corrected chi connectivity index (χ0v) is 14.9. The van der Waals surface area contributed by atoms with Gasteiger partial charge in [-0.05, 0) is 31.0 Å². The molecule has 1 N–H and O–H groups in total. The van der Waals surface area contributed by atoms with E-state index in [1.54, 1.807) is 9.80 Å². The van der Waals surface area contributed by atoms with Crippen molar-refractivity contribution >= 4 is 17.5 Å². The molecular weight excluding hydrogens is 346 g/mol. The van der Waals surface area contributed by atoms with Crippen LogP contribution in [0.25, 0.3) is 0 Å². The van der Waals surface area contributed by atoms with Crippen LogP contribution in [-0.4, -0.2) is 58.6 Å². The van der Waals surface area contributed by atoms with Crippen LogP contribution in [0.2, 0.25) is 0 Å². The van der Waals surface area contributed by atoms with Crippen LogP contribution in [0.3, 0.4) is 0 Å². The first-order valence-electron chi connectivity index (χ1n) is 8.99. The van der Waals surface area contributed by atoms with E-state index in [0.29, 0.717) is 25.2 Å². The predicted octanol–water partition coefficient (Wildman–Crippen LogP) is 1.83. The third-order valence-corrected chi connectivity index (χ3v) is 5.11. The quantitative estimate of drug-likeness (QED) is 0.876. The number of amides is 2. The number of para-hydroxylation sites is 1. The molecule has 1 spiro atoms. The van der Waals surface area contributed by atoms with E-state index in [4.69, 9.17) is 4.74 Å². The fourth-order valence-corrected chi connectivity index (χ4v) is 3.80. The SMILES string of the molecule is O=C(c1cncc(O)c1)N1CCCC2(C1)CN(c1ccccc1)C(=O)CO2. The molecule has 0 saturated carbocycles. The Hall–Kier alpha value is -2.93. The minimum absolute atomic E-state index is 0.00457. The largest absolute Gasteiger partial charge is 0.506 e. The van der Waals surface area contributed by atoms with Gasteiger partial charge in [-0.3, -0.25) is 14.6 Å². The Kier molecular flexibility index (Phi) is 4.53. The molecule has 7 heteroatoms. The summed E-state index contributed by atoms with van der Waals surface area (Å²) in [7, 11) is 0. The molecule has 1 atom stereocenters. The van der Waals surface area contributed by atoms with Gasteiger partial charge < -0.3 is 19.6 Å². The van der Waals surface area contributed by atoms with Crippen LogP contribution < -0.4 is 4.90 Å². The molecule has 0 radical (unpaired) electrons. The van der Waals surface area contributed by atoms with Gasteiger partial charge in [0.2, 0.25) is 0 Å². The van der Waals surface area contributed by atoms with Crippen LogP contribution in [0.1, 0.15) is 23.2 Å². The lowest BCUT2D eigenvalue weighted by molar-refractivity contribution is -0.144. The molecule has 2 fully saturated rings. The first-order chi connectivity index (χ1) is 13.1. The van der Waals surface area contributed by atoms with E-state index in [1.165, 1.54) is 18.5 Å². The summed E-state index contributed by atoms with van der Waals surface area (Å²) in [6.45, 7) is 1.43. The summed E-state index contributed by atoms with van der Waals surface area (Å²) in [5.74, 6) is -0.306. The molecule has 2 aliphatic rings. The van der Waals surface area contributed by atoms with Gasteiger partial charge in [0.15, 0.2) is 0 Å². The molecule has 2 saturated heterocycles. The van der Waals surface area contributed by atoms with Gasteiger partial charge in [-0.1, -0.05) is 18.2 Å². The van der Waals surface area contributed by atoms with Crippen molar-refractivity contribution in [2.24, 2.45) is 0 Å². The Morgan fingerprint density at radius 2 is 2.00 bits per heavy atom. The first-order valence-corrected chi connectivity index (χ1v) is 8.99. The molecule has 140 valence electrons. The van der Waals surface area contributed by atoms with Crippen molar-refractivity contribution in [1.82, 2.24) is 9.88 Å². The number of carbonyl (C=O) groups is 2. The number of piperidine rings is 1. The van der Waals surface area contributed by atoms with Crippen LogP contribution >= 0.6 is 0 Å². The molecule has 3 heterocycles. The highest BCUT2D eigenvalue weighted by molar-refractivity contribution is 5.96. The molecule has 27 heavy (non-hydrogen) atoms. The maximum atomic E-state index is 12.8. The zero-order valence-electron chi connectivity index (χ0n) is 14.9. The fraction of sp³-hybridized carbons (Fsp3) is 0.350. The van der Waals surface area contributed by atoms with E-state index >= 15 is 0 Å². The summed E-state index contributed by atoms with van der Waals surface area (Å²) in [5, 5.41) is 9.59. The van der Waals surface area contributed by atoms with Gasteiger partial charge in [-0.2, -0.15) is 0 Å². The monoisotopic (exact) mass is 367 g/mol. The normalized spacial score (nSPS) is 22.9. The molecule has 0 bridgehead atoms. The van der Waals surface area contributed by atoms with Crippen molar-refractivity contribution in [2.75, 3.05) is 31.1 Å². The summed E-state index contributed by atoms with van der Waals surface area (Å²) in [6, 6.07) is 10.9. The van der Waals surface area contributed by atoms with E-state index in [-0.39, 0.29) is 24.2 Å². The Labute approximate surface area is 157 Å². The summed E-state index contributed by atoms with van der Waals surface area (Å²) >= 11 is 0. The molecule has 2 amide bonds. The van der Waals surface area contributed by atoms with Crippen LogP contribution in [0, 0.1) is 0 Å². The van der Waals surface area contributed by atoms with Crippen LogP contribution in [0.15, 0.2) is 48.8 Å². The molecular formula is C20H21N3O4. The summed E-state index contributed by atoms with van der Waals surface area (Å²) in [6.07, 6.45) is 4.31. The van der Waals surface area contributed by atoms with E-state index in [2.05, 4.69) is 4.98 Å². The summed E-state index contributed by atoms with van der Waals surface area (Å²) in [5.41, 5.74) is 0.603. The number of likely N-dealkylation sites (tertiary alicyclic amines) is 1. The van der Waals surface area contributed by atoms with E-state index in [9.17, 15) is 14.7 Å². The topological polar surface area (TPSA) is 83.0 Å². The molecule has 1 aromatic carbocycles. The second-order valence-corrected chi connectivity index (χ2v) is 7.05. The second kappa shape index (κ2) is 7.00. The minimum atomic E-state index is -0.581. The van der Waals surface area contributed by atoms with Crippen molar-refractivity contribution in [3.05, 3.63) is 54.4 Å². The lowest BCUT2D eigenvalue weighted by Gasteiger charge is -2.47. The number of hydrogen-bond donors (Lipinski definition) is 1. The number of hydrogen-bond acceptors (Lipinski definition) is 5. The van der Waals surface area contributed by atoms with Crippen molar-refractivity contribution < 1.29 is 19.4 Å². The minimum Gasteiger partial charge on any atom is -0.506 e. The Bertz CT molecular complexity index is 857. The second-order valence-electron chi connectivity index (χ2n) is 7.05. The smallest absolute Gasteiger partial charge is 0.255 e. The van der Waals surface area contributed by atoms with Crippen LogP contribution in [0.4, 0.5) is 5.69 Å². The Morgan fingerprint density at radius 3 is 2.78 bits per heavy atom. The number of rotatable bonds is 2. The third kappa shape index (κ3) is 3.50. The van der Waals surface area contributed by atoms with Crippen molar-refractivity contribution in [2.45, 2.75) is 18.4 Å². The number of morpholine rings is 1. The number of pyridine rings is 1. The first kappa shape index (κ1) is 17.5. The number of aromatic hydroxyl groups is 1. The highest BCUT2D eigenvalue weighted by atomic mass is 16.5. The van der Waals surface area contributed by atoms with Gasteiger partial charge in [0.25, 0.3) is 11.8 Å². The number of carbonyl (C=O) groups excluding carboxylic acids is 2. The number of benzene rings is 1. The molecule has 1 aromatic heterocycles. The Balaban J connectivity index is 1.54. The number of ether oxygens (including phenoxy) is 1. The van der Waals surface area contributed by atoms with Gasteiger partial charge in [0.1, 0.15) is 18.0 Å². The Morgan fingerprint density at radius 1 is 1.19 bits per heavy atom. The highest BCUT2D eigenvalue weighted by Crippen LogP contribution is 2.32. The van der Waals surface area contributed by atoms with Crippen LogP contribution in [-0.2, 0) is 9.53 Å². The highest BCUT2D eigenvalue weighted by Gasteiger charge is 2.44. The average molecular weight is 367 g/mol. The van der Waals surface area contributed by atoms with Gasteiger partial charge >= 0.3 is 0 Å². The number of nitrogens with zero attached hydrogens (tertiary/aromatic N) is 3. The van der Waals surface area contributed by atoms with Crippen molar-refractivity contribution in [3.63, 3.8) is 0 Å². The molecule has 2 aliphatic heterocycles. The molecule has 1 unspecified atom stereocenters. The molecule has 2 aromatic rings. The standard InChI is InChI=1S/C20H21N3O4/c24-17-9-15(10-21-11-17)19(26)22-8-4-7-20(13-22)14-23(18(25)12-27-20)16-5-2-1-3-6-16/h1-3,5-6,9-11,24H,4,7-8,12-14H2. The van der Waals surface area contributed by atoms with Gasteiger partial charge in [-0.25, -0.2) is 0 Å². The average Bonchev–Trinajstić information content (AvgIpc) is 2.70. The predicted molar refractivity (Wildman–Crippen MR) is 98.5 cm³/mol. The summed E-state index contributed by atoms with van der Waals surface area (Å²) < 4.78 is 5.96. The number of aromatic nitrogens is 1. The van der Waals surface area contributed by atoms with Crippen molar-refractivity contribution in [3.8, 4) is 5.75 Å². The third-order valence-electron chi connectivity index (χ3n) is 5.11. The maximum absolute atomic E-state index is 12.8. The maximum Gasteiger partial charge on any atom is 0.255 e. The van der Waals surface area contributed by atoms with E-state index in [0.717, 1.165) is 18.5 Å². The number of anilines is 1. The van der Waals surface area contributed by atoms with Gasteiger partial charge in [0.05, 0.1) is 24.8 Å². The van der Waals surface area contributed by atoms with Crippen molar-refractivity contribution in [1.29, 1.82) is 0 Å². The zero-order chi connectivity index (χ0) is 18.9. The fourth-order valence-electron chi connectivity index (χ4n) is 3.80. The van der Waals surface area contributed by atoms with Gasteiger partial charge in [-0.15, -0.1) is 0 Å². The molecule has 4 rings (SSSR count). The molecule has 0 aliphatic carbocycles. The van der Waals surface area contributed by atoms with E-state index in [1.807, 2.05) is 30.3 Å². The van der Waals surface area contributed by atoms with Gasteiger partial charge in [0, 0.05) is 18.4 Å². The molecule has 7 nitrogen and oxygen atoms in total. The summed E-state index contributed by atoms with van der Waals surface area (Å²) in [4.78, 5) is 32.6. The van der Waals surface area contributed by atoms with E-state index < -0.39 is 5.60 Å².